The molecule has 1 aromatic rings. The number of hydrogen-bond donors (Lipinski definition) is 1. The van der Waals surface area contributed by atoms with Gasteiger partial charge in [-0.15, -0.1) is 0 Å². The van der Waals surface area contributed by atoms with Gasteiger partial charge in [-0.25, -0.2) is 4.39 Å². The van der Waals surface area contributed by atoms with Crippen LogP contribution in [0.25, 0.3) is 0 Å². The van der Waals surface area contributed by atoms with E-state index in [9.17, 15) is 4.39 Å². The highest BCUT2D eigenvalue weighted by Crippen LogP contribution is 2.07. The molecule has 0 aromatic heterocycles. The van der Waals surface area contributed by atoms with Crippen molar-refractivity contribution < 1.29 is 4.39 Å². The van der Waals surface area contributed by atoms with Crippen LogP contribution in [0.3, 0.4) is 0 Å². The first kappa shape index (κ1) is 15.1. The Labute approximate surface area is 110 Å². The van der Waals surface area contributed by atoms with Crippen LogP contribution >= 0.6 is 0 Å². The van der Waals surface area contributed by atoms with Crippen LogP contribution < -0.4 is 5.32 Å². The van der Waals surface area contributed by atoms with Crippen LogP contribution in [0.1, 0.15) is 19.4 Å². The maximum atomic E-state index is 12.7. The highest BCUT2D eigenvalue weighted by molar-refractivity contribution is 5.16. The lowest BCUT2D eigenvalue weighted by molar-refractivity contribution is 0.226. The molecule has 3 heteroatoms. The van der Waals surface area contributed by atoms with Crippen molar-refractivity contribution in [1.29, 1.82) is 0 Å². The molecule has 0 unspecified atom stereocenters. The van der Waals surface area contributed by atoms with Gasteiger partial charge in [0.2, 0.25) is 0 Å². The molecule has 1 fully saturated rings. The first-order valence-electron chi connectivity index (χ1n) is 6.88. The Morgan fingerprint density at radius 2 is 1.83 bits per heavy atom. The van der Waals surface area contributed by atoms with E-state index in [4.69, 9.17) is 0 Å². The molecule has 0 bridgehead atoms. The van der Waals surface area contributed by atoms with E-state index in [1.807, 2.05) is 26.0 Å². The van der Waals surface area contributed by atoms with Crippen molar-refractivity contribution in [2.24, 2.45) is 5.92 Å². The Hall–Kier alpha value is -0.930. The van der Waals surface area contributed by atoms with Gasteiger partial charge in [-0.05, 0) is 37.1 Å². The van der Waals surface area contributed by atoms with Crippen molar-refractivity contribution in [1.82, 2.24) is 10.2 Å². The zero-order valence-corrected chi connectivity index (χ0v) is 11.7. The van der Waals surface area contributed by atoms with Crippen molar-refractivity contribution in [3.05, 3.63) is 35.6 Å². The standard InChI is InChI=1S/C13H19FN2.C2H6/c1-16(10-12-8-15-9-12)7-6-11-2-4-13(14)5-3-11;1-2/h2-5,12,15H,6-10H2,1H3;1-2H3. The second kappa shape index (κ2) is 8.22. The molecule has 0 aliphatic carbocycles. The third-order valence-electron chi connectivity index (χ3n) is 3.13. The van der Waals surface area contributed by atoms with E-state index in [-0.39, 0.29) is 5.82 Å². The number of benzene rings is 1. The molecular formula is C15H25FN2. The second-order valence-corrected chi connectivity index (χ2v) is 4.66. The van der Waals surface area contributed by atoms with Crippen molar-refractivity contribution in [2.45, 2.75) is 20.3 Å². The fourth-order valence-electron chi connectivity index (χ4n) is 1.98. The summed E-state index contributed by atoms with van der Waals surface area (Å²) in [7, 11) is 2.15. The number of rotatable bonds is 5. The molecule has 1 saturated heterocycles. The Morgan fingerprint density at radius 1 is 1.22 bits per heavy atom. The highest BCUT2D eigenvalue weighted by atomic mass is 19.1. The quantitative estimate of drug-likeness (QED) is 0.866. The Bertz CT molecular complexity index is 320. The lowest BCUT2D eigenvalue weighted by Gasteiger charge is -2.31. The van der Waals surface area contributed by atoms with Crippen LogP contribution in [0.4, 0.5) is 4.39 Å². The van der Waals surface area contributed by atoms with Crippen molar-refractivity contribution in [2.75, 3.05) is 33.2 Å². The van der Waals surface area contributed by atoms with Crippen molar-refractivity contribution in [3.63, 3.8) is 0 Å². The maximum Gasteiger partial charge on any atom is 0.123 e. The number of halogens is 1. The van der Waals surface area contributed by atoms with Crippen LogP contribution in [-0.2, 0) is 6.42 Å². The van der Waals surface area contributed by atoms with Gasteiger partial charge in [0, 0.05) is 26.2 Å². The first-order valence-corrected chi connectivity index (χ1v) is 6.88. The summed E-state index contributed by atoms with van der Waals surface area (Å²) in [5, 5.41) is 3.28. The van der Waals surface area contributed by atoms with Crippen molar-refractivity contribution in [3.8, 4) is 0 Å². The van der Waals surface area contributed by atoms with E-state index in [0.717, 1.165) is 38.5 Å². The molecule has 2 nitrogen and oxygen atoms in total. The largest absolute Gasteiger partial charge is 0.316 e. The average Bonchev–Trinajstić information content (AvgIpc) is 2.36. The summed E-state index contributed by atoms with van der Waals surface area (Å²) < 4.78 is 12.7. The van der Waals surface area contributed by atoms with Gasteiger partial charge in [-0.2, -0.15) is 0 Å². The molecule has 1 aliphatic rings. The van der Waals surface area contributed by atoms with E-state index >= 15 is 0 Å². The van der Waals surface area contributed by atoms with Crippen molar-refractivity contribution >= 4 is 0 Å². The lowest BCUT2D eigenvalue weighted by Crippen LogP contribution is -2.47. The van der Waals surface area contributed by atoms with Gasteiger partial charge in [0.1, 0.15) is 5.82 Å². The van der Waals surface area contributed by atoms with Crippen LogP contribution in [-0.4, -0.2) is 38.1 Å². The summed E-state index contributed by atoms with van der Waals surface area (Å²) >= 11 is 0. The van der Waals surface area contributed by atoms with Crippen LogP contribution in [0.2, 0.25) is 0 Å². The molecule has 0 amide bonds. The fraction of sp³-hybridized carbons (Fsp3) is 0.600. The lowest BCUT2D eigenvalue weighted by atomic mass is 10.0. The molecule has 1 heterocycles. The zero-order valence-electron chi connectivity index (χ0n) is 11.7. The molecule has 0 saturated carbocycles. The van der Waals surface area contributed by atoms with Crippen LogP contribution in [0.15, 0.2) is 24.3 Å². The zero-order chi connectivity index (χ0) is 13.4. The molecule has 1 aliphatic heterocycles. The minimum Gasteiger partial charge on any atom is -0.316 e. The molecule has 0 radical (unpaired) electrons. The molecule has 18 heavy (non-hydrogen) atoms. The first-order chi connectivity index (χ1) is 8.74. The number of hydrogen-bond acceptors (Lipinski definition) is 2. The van der Waals surface area contributed by atoms with E-state index in [1.165, 1.54) is 17.7 Å². The van der Waals surface area contributed by atoms with Crippen LogP contribution in [0.5, 0.6) is 0 Å². The van der Waals surface area contributed by atoms with Gasteiger partial charge in [0.05, 0.1) is 0 Å². The van der Waals surface area contributed by atoms with Crippen LogP contribution in [0, 0.1) is 11.7 Å². The monoisotopic (exact) mass is 252 g/mol. The number of likely N-dealkylation sites (N-methyl/N-ethyl adjacent to an activating group) is 1. The molecule has 2 rings (SSSR count). The minimum absolute atomic E-state index is 0.155. The third kappa shape index (κ3) is 5.15. The summed E-state index contributed by atoms with van der Waals surface area (Å²) in [4.78, 5) is 2.36. The molecular weight excluding hydrogens is 227 g/mol. The Kier molecular flexibility index (Phi) is 6.91. The third-order valence-corrected chi connectivity index (χ3v) is 3.13. The predicted octanol–water partition coefficient (Wildman–Crippen LogP) is 2.55. The van der Waals surface area contributed by atoms with E-state index in [0.29, 0.717) is 0 Å². The van der Waals surface area contributed by atoms with E-state index < -0.39 is 0 Å². The molecule has 1 N–H and O–H groups in total. The Balaban J connectivity index is 0.000000771. The van der Waals surface area contributed by atoms with Gasteiger partial charge in [-0.3, -0.25) is 0 Å². The average molecular weight is 252 g/mol. The van der Waals surface area contributed by atoms with E-state index in [2.05, 4.69) is 17.3 Å². The fourth-order valence-corrected chi connectivity index (χ4v) is 1.98. The summed E-state index contributed by atoms with van der Waals surface area (Å²) in [6.07, 6.45) is 0.997. The predicted molar refractivity (Wildman–Crippen MR) is 75.3 cm³/mol. The maximum absolute atomic E-state index is 12.7. The highest BCUT2D eigenvalue weighted by Gasteiger charge is 2.17. The molecule has 1 aromatic carbocycles. The molecule has 102 valence electrons. The second-order valence-electron chi connectivity index (χ2n) is 4.66. The van der Waals surface area contributed by atoms with Gasteiger partial charge in [0.15, 0.2) is 0 Å². The molecule has 0 atom stereocenters. The van der Waals surface area contributed by atoms with E-state index in [1.54, 1.807) is 0 Å². The van der Waals surface area contributed by atoms with Gasteiger partial charge >= 0.3 is 0 Å². The number of nitrogens with zero attached hydrogens (tertiary/aromatic N) is 1. The summed E-state index contributed by atoms with van der Waals surface area (Å²) in [6, 6.07) is 6.80. The van der Waals surface area contributed by atoms with Gasteiger partial charge < -0.3 is 10.2 Å². The topological polar surface area (TPSA) is 15.3 Å². The summed E-state index contributed by atoms with van der Waals surface area (Å²) in [5.41, 5.74) is 1.21. The molecule has 0 spiro atoms. The Morgan fingerprint density at radius 3 is 2.33 bits per heavy atom. The van der Waals surface area contributed by atoms with Gasteiger partial charge in [0.25, 0.3) is 0 Å². The number of nitrogens with one attached hydrogen (secondary N) is 1. The van der Waals surface area contributed by atoms with Gasteiger partial charge in [-0.1, -0.05) is 26.0 Å². The minimum atomic E-state index is -0.155. The summed E-state index contributed by atoms with van der Waals surface area (Å²) in [5.74, 6) is 0.663. The normalized spacial score (nSPS) is 14.9. The smallest absolute Gasteiger partial charge is 0.123 e. The summed E-state index contributed by atoms with van der Waals surface area (Å²) in [6.45, 7) is 8.51. The SMILES string of the molecule is CC.CN(CCc1ccc(F)cc1)CC1CNC1.